The topological polar surface area (TPSA) is 54.5 Å². The Morgan fingerprint density at radius 3 is 2.85 bits per heavy atom. The zero-order chi connectivity index (χ0) is 18.4. The van der Waals surface area contributed by atoms with E-state index in [4.69, 9.17) is 21.3 Å². The number of carbonyl (C=O) groups is 1. The Morgan fingerprint density at radius 2 is 2.12 bits per heavy atom. The van der Waals surface area contributed by atoms with Gasteiger partial charge in [0.1, 0.15) is 5.82 Å². The third kappa shape index (κ3) is 4.46. The number of alkyl halides is 1. The van der Waals surface area contributed by atoms with Crippen LogP contribution in [-0.2, 0) is 9.53 Å². The van der Waals surface area contributed by atoms with Crippen molar-refractivity contribution in [1.82, 2.24) is 9.88 Å². The second-order valence-corrected chi connectivity index (χ2v) is 7.01. The number of fused-ring (bicyclic) bond motifs is 1. The molecule has 2 aromatic rings. The molecule has 0 aliphatic carbocycles. The van der Waals surface area contributed by atoms with E-state index in [1.54, 1.807) is 7.11 Å². The van der Waals surface area contributed by atoms with E-state index in [0.717, 1.165) is 49.4 Å². The molecule has 26 heavy (non-hydrogen) atoms. The smallest absolute Gasteiger partial charge is 0.223 e. The van der Waals surface area contributed by atoms with E-state index in [-0.39, 0.29) is 5.91 Å². The number of pyridine rings is 1. The summed E-state index contributed by atoms with van der Waals surface area (Å²) in [6, 6.07) is 10.5. The van der Waals surface area contributed by atoms with Crippen LogP contribution in [0.3, 0.4) is 0 Å². The third-order valence-electron chi connectivity index (χ3n) is 4.93. The van der Waals surface area contributed by atoms with Gasteiger partial charge in [-0.2, -0.15) is 0 Å². The third-order valence-corrected chi connectivity index (χ3v) is 5.12. The number of benzene rings is 1. The van der Waals surface area contributed by atoms with Crippen LogP contribution in [0.15, 0.2) is 30.3 Å². The van der Waals surface area contributed by atoms with Gasteiger partial charge in [0.25, 0.3) is 0 Å². The minimum absolute atomic E-state index is 0.159. The molecule has 0 spiro atoms. The van der Waals surface area contributed by atoms with Gasteiger partial charge < -0.3 is 15.0 Å². The Morgan fingerprint density at radius 1 is 1.35 bits per heavy atom. The molecule has 6 heteroatoms. The number of rotatable bonds is 7. The van der Waals surface area contributed by atoms with Crippen molar-refractivity contribution >= 4 is 34.1 Å². The summed E-state index contributed by atoms with van der Waals surface area (Å²) < 4.78 is 5.14. The first-order valence-corrected chi connectivity index (χ1v) is 9.72. The molecule has 1 aliphatic heterocycles. The number of nitrogens with zero attached hydrogens (tertiary/aromatic N) is 2. The minimum atomic E-state index is 0.159. The maximum absolute atomic E-state index is 12.0. The number of methoxy groups -OCH3 is 1. The summed E-state index contributed by atoms with van der Waals surface area (Å²) in [6.07, 6.45) is 2.31. The van der Waals surface area contributed by atoms with Crippen LogP contribution in [-0.4, -0.2) is 55.0 Å². The predicted molar refractivity (Wildman–Crippen MR) is 106 cm³/mol. The Hall–Kier alpha value is -1.85. The SMILES string of the molecule is COCCNc1nc(C2CCN(C(=O)CCCl)CC2)cc2ccccc12. The van der Waals surface area contributed by atoms with Gasteiger partial charge in [-0.15, -0.1) is 11.6 Å². The van der Waals surface area contributed by atoms with E-state index in [1.165, 1.54) is 5.39 Å². The molecule has 0 saturated carbocycles. The van der Waals surface area contributed by atoms with Crippen molar-refractivity contribution in [2.45, 2.75) is 25.2 Å². The van der Waals surface area contributed by atoms with Crippen molar-refractivity contribution in [3.63, 3.8) is 0 Å². The maximum atomic E-state index is 12.0. The lowest BCUT2D eigenvalue weighted by Gasteiger charge is -2.32. The number of aromatic nitrogens is 1. The average Bonchev–Trinajstić information content (AvgIpc) is 2.68. The van der Waals surface area contributed by atoms with E-state index < -0.39 is 0 Å². The minimum Gasteiger partial charge on any atom is -0.383 e. The lowest BCUT2D eigenvalue weighted by Crippen LogP contribution is -2.38. The molecule has 1 aliphatic rings. The summed E-state index contributed by atoms with van der Waals surface area (Å²) in [7, 11) is 1.70. The molecular weight excluding hydrogens is 350 g/mol. The number of halogens is 1. The first kappa shape index (κ1) is 18.9. The lowest BCUT2D eigenvalue weighted by molar-refractivity contribution is -0.131. The van der Waals surface area contributed by atoms with Gasteiger partial charge in [-0.3, -0.25) is 4.79 Å². The van der Waals surface area contributed by atoms with Crippen molar-refractivity contribution in [1.29, 1.82) is 0 Å². The quantitative estimate of drug-likeness (QED) is 0.593. The fraction of sp³-hybridized carbons (Fsp3) is 0.500. The molecule has 0 radical (unpaired) electrons. The van der Waals surface area contributed by atoms with E-state index in [0.29, 0.717) is 24.8 Å². The van der Waals surface area contributed by atoms with Crippen LogP contribution in [0.5, 0.6) is 0 Å². The summed E-state index contributed by atoms with van der Waals surface area (Å²) in [4.78, 5) is 18.9. The molecule has 140 valence electrons. The second kappa shape index (κ2) is 9.19. The van der Waals surface area contributed by atoms with Gasteiger partial charge >= 0.3 is 0 Å². The van der Waals surface area contributed by atoms with Gasteiger partial charge in [0, 0.05) is 56.0 Å². The molecule has 1 saturated heterocycles. The first-order chi connectivity index (χ1) is 12.7. The fourth-order valence-corrected chi connectivity index (χ4v) is 3.66. The van der Waals surface area contributed by atoms with E-state index >= 15 is 0 Å². The van der Waals surface area contributed by atoms with Gasteiger partial charge in [-0.1, -0.05) is 24.3 Å². The van der Waals surface area contributed by atoms with Crippen LogP contribution < -0.4 is 5.32 Å². The molecule has 5 nitrogen and oxygen atoms in total. The van der Waals surface area contributed by atoms with Gasteiger partial charge in [-0.25, -0.2) is 4.98 Å². The normalized spacial score (nSPS) is 15.4. The number of carbonyl (C=O) groups excluding carboxylic acids is 1. The zero-order valence-corrected chi connectivity index (χ0v) is 16.0. The van der Waals surface area contributed by atoms with Crippen molar-refractivity contribution < 1.29 is 9.53 Å². The number of ether oxygens (including phenoxy) is 1. The molecule has 0 unspecified atom stereocenters. The van der Waals surface area contributed by atoms with Gasteiger partial charge in [0.15, 0.2) is 0 Å². The number of hydrogen-bond donors (Lipinski definition) is 1. The molecule has 3 rings (SSSR count). The summed E-state index contributed by atoms with van der Waals surface area (Å²) >= 11 is 5.69. The number of anilines is 1. The highest BCUT2D eigenvalue weighted by Crippen LogP contribution is 2.31. The van der Waals surface area contributed by atoms with Crippen LogP contribution in [0.25, 0.3) is 10.8 Å². The number of amides is 1. The highest BCUT2D eigenvalue weighted by Gasteiger charge is 2.25. The van der Waals surface area contributed by atoms with Crippen molar-refractivity contribution in [2.24, 2.45) is 0 Å². The van der Waals surface area contributed by atoms with Crippen LogP contribution in [0, 0.1) is 0 Å². The summed E-state index contributed by atoms with van der Waals surface area (Å²) in [5.74, 6) is 1.84. The average molecular weight is 376 g/mol. The Bertz CT molecular complexity index is 745. The fourth-order valence-electron chi connectivity index (χ4n) is 3.50. The molecule has 1 amide bonds. The lowest BCUT2D eigenvalue weighted by atomic mass is 9.92. The maximum Gasteiger partial charge on any atom is 0.223 e. The zero-order valence-electron chi connectivity index (χ0n) is 15.2. The summed E-state index contributed by atoms with van der Waals surface area (Å²) in [6.45, 7) is 2.92. The van der Waals surface area contributed by atoms with E-state index in [1.807, 2.05) is 11.0 Å². The van der Waals surface area contributed by atoms with Gasteiger partial charge in [-0.05, 0) is 24.3 Å². The van der Waals surface area contributed by atoms with Crippen molar-refractivity contribution in [3.8, 4) is 0 Å². The highest BCUT2D eigenvalue weighted by molar-refractivity contribution is 6.18. The van der Waals surface area contributed by atoms with Gasteiger partial charge in [0.05, 0.1) is 6.61 Å². The molecule has 0 bridgehead atoms. The van der Waals surface area contributed by atoms with Crippen LogP contribution >= 0.6 is 11.6 Å². The number of piperidine rings is 1. The molecular formula is C20H26ClN3O2. The van der Waals surface area contributed by atoms with Crippen LogP contribution in [0.2, 0.25) is 0 Å². The summed E-state index contributed by atoms with van der Waals surface area (Å²) in [5.41, 5.74) is 1.10. The predicted octanol–water partition coefficient (Wildman–Crippen LogP) is 3.63. The van der Waals surface area contributed by atoms with Crippen molar-refractivity contribution in [3.05, 3.63) is 36.0 Å². The largest absolute Gasteiger partial charge is 0.383 e. The summed E-state index contributed by atoms with van der Waals surface area (Å²) in [5, 5.41) is 5.72. The molecule has 1 aromatic heterocycles. The Labute approximate surface area is 159 Å². The monoisotopic (exact) mass is 375 g/mol. The first-order valence-electron chi connectivity index (χ1n) is 9.19. The van der Waals surface area contributed by atoms with Gasteiger partial charge in [0.2, 0.25) is 5.91 Å². The molecule has 2 heterocycles. The van der Waals surface area contributed by atoms with Crippen LogP contribution in [0.1, 0.15) is 30.9 Å². The Balaban J connectivity index is 1.76. The number of likely N-dealkylation sites (tertiary alicyclic amines) is 1. The molecule has 1 fully saturated rings. The molecule has 1 N–H and O–H groups in total. The molecule has 1 aromatic carbocycles. The highest BCUT2D eigenvalue weighted by atomic mass is 35.5. The molecule has 0 atom stereocenters. The Kier molecular flexibility index (Phi) is 6.69. The number of hydrogen-bond acceptors (Lipinski definition) is 4. The van der Waals surface area contributed by atoms with E-state index in [9.17, 15) is 4.79 Å². The number of nitrogens with one attached hydrogen (secondary N) is 1. The van der Waals surface area contributed by atoms with E-state index in [2.05, 4.69) is 29.6 Å². The van der Waals surface area contributed by atoms with Crippen molar-refractivity contribution in [2.75, 3.05) is 44.5 Å². The standard InChI is InChI=1S/C20H26ClN3O2/c1-26-13-10-22-20-17-5-3-2-4-16(17)14-18(23-20)15-7-11-24(12-8-15)19(25)6-9-21/h2-5,14-15H,6-13H2,1H3,(H,22,23). The second-order valence-electron chi connectivity index (χ2n) is 6.63. The van der Waals surface area contributed by atoms with Crippen LogP contribution in [0.4, 0.5) is 5.82 Å².